The molecular formula is C11H13ClO2. The monoisotopic (exact) mass is 212 g/mol. The lowest BCUT2D eigenvalue weighted by molar-refractivity contribution is 0.170. The summed E-state index contributed by atoms with van der Waals surface area (Å²) < 4.78 is 11.0. The molecule has 0 amide bonds. The van der Waals surface area contributed by atoms with Crippen molar-refractivity contribution in [3.05, 3.63) is 23.8 Å². The molecule has 1 atom stereocenters. The van der Waals surface area contributed by atoms with Gasteiger partial charge in [0.15, 0.2) is 11.5 Å². The third kappa shape index (κ3) is 1.67. The van der Waals surface area contributed by atoms with E-state index in [2.05, 4.69) is 6.92 Å². The van der Waals surface area contributed by atoms with Crippen molar-refractivity contribution in [1.82, 2.24) is 0 Å². The van der Waals surface area contributed by atoms with Crippen molar-refractivity contribution < 1.29 is 9.47 Å². The first-order chi connectivity index (χ1) is 6.83. The van der Waals surface area contributed by atoms with Crippen molar-refractivity contribution in [3.8, 4) is 11.5 Å². The fraction of sp³-hybridized carbons (Fsp3) is 0.455. The maximum Gasteiger partial charge on any atom is 0.166 e. The number of ether oxygens (including phenoxy) is 2. The van der Waals surface area contributed by atoms with E-state index in [1.165, 1.54) is 0 Å². The zero-order valence-electron chi connectivity index (χ0n) is 8.13. The Kier molecular flexibility index (Phi) is 2.82. The van der Waals surface area contributed by atoms with Gasteiger partial charge in [0.1, 0.15) is 13.2 Å². The number of para-hydroxylation sites is 1. The molecule has 2 rings (SSSR count). The quantitative estimate of drug-likeness (QED) is 0.702. The highest BCUT2D eigenvalue weighted by Gasteiger charge is 2.19. The van der Waals surface area contributed by atoms with Gasteiger partial charge < -0.3 is 9.47 Å². The first-order valence-electron chi connectivity index (χ1n) is 4.85. The number of halogens is 1. The van der Waals surface area contributed by atoms with Crippen molar-refractivity contribution >= 4 is 11.6 Å². The number of hydrogen-bond donors (Lipinski definition) is 0. The minimum absolute atomic E-state index is 0.00616. The lowest BCUT2D eigenvalue weighted by atomic mass is 10.1. The van der Waals surface area contributed by atoms with Crippen molar-refractivity contribution in [3.63, 3.8) is 0 Å². The number of alkyl halides is 1. The van der Waals surface area contributed by atoms with Gasteiger partial charge in [-0.2, -0.15) is 0 Å². The highest BCUT2D eigenvalue weighted by atomic mass is 35.5. The van der Waals surface area contributed by atoms with Gasteiger partial charge in [0.05, 0.1) is 5.38 Å². The molecule has 1 aromatic rings. The summed E-state index contributed by atoms with van der Waals surface area (Å²) in [6, 6.07) is 5.86. The number of benzene rings is 1. The Balaban J connectivity index is 2.39. The number of hydrogen-bond acceptors (Lipinski definition) is 2. The van der Waals surface area contributed by atoms with Crippen LogP contribution in [0.4, 0.5) is 0 Å². The minimum atomic E-state index is 0.00616. The lowest BCUT2D eigenvalue weighted by Gasteiger charge is -2.22. The first-order valence-corrected chi connectivity index (χ1v) is 5.29. The Labute approximate surface area is 88.8 Å². The highest BCUT2D eigenvalue weighted by molar-refractivity contribution is 6.21. The average molecular weight is 213 g/mol. The van der Waals surface area contributed by atoms with Crippen LogP contribution >= 0.6 is 11.6 Å². The third-order valence-corrected chi connectivity index (χ3v) is 2.84. The summed E-state index contributed by atoms with van der Waals surface area (Å²) in [5, 5.41) is 0.00616. The second-order valence-corrected chi connectivity index (χ2v) is 3.77. The molecule has 0 bridgehead atoms. The molecule has 0 radical (unpaired) electrons. The van der Waals surface area contributed by atoms with Gasteiger partial charge in [0, 0.05) is 5.56 Å². The van der Waals surface area contributed by atoms with E-state index in [9.17, 15) is 0 Å². The van der Waals surface area contributed by atoms with Crippen LogP contribution in [0.3, 0.4) is 0 Å². The maximum atomic E-state index is 6.19. The maximum absolute atomic E-state index is 6.19. The normalized spacial score (nSPS) is 16.4. The molecule has 1 aliphatic heterocycles. The van der Waals surface area contributed by atoms with Crippen LogP contribution < -0.4 is 9.47 Å². The van der Waals surface area contributed by atoms with Gasteiger partial charge in [-0.3, -0.25) is 0 Å². The summed E-state index contributed by atoms with van der Waals surface area (Å²) in [7, 11) is 0. The van der Waals surface area contributed by atoms with Crippen LogP contribution in [0.5, 0.6) is 11.5 Å². The molecule has 0 spiro atoms. The van der Waals surface area contributed by atoms with E-state index >= 15 is 0 Å². The van der Waals surface area contributed by atoms with Gasteiger partial charge in [0.25, 0.3) is 0 Å². The van der Waals surface area contributed by atoms with Crippen molar-refractivity contribution in [2.45, 2.75) is 18.7 Å². The number of rotatable bonds is 2. The largest absolute Gasteiger partial charge is 0.486 e. The van der Waals surface area contributed by atoms with Gasteiger partial charge in [-0.1, -0.05) is 19.1 Å². The summed E-state index contributed by atoms with van der Waals surface area (Å²) in [4.78, 5) is 0. The second-order valence-electron chi connectivity index (χ2n) is 3.25. The molecule has 1 aliphatic rings. The van der Waals surface area contributed by atoms with Gasteiger partial charge in [-0.05, 0) is 12.5 Å². The molecule has 14 heavy (non-hydrogen) atoms. The topological polar surface area (TPSA) is 18.5 Å². The third-order valence-electron chi connectivity index (χ3n) is 2.29. The van der Waals surface area contributed by atoms with Crippen molar-refractivity contribution in [2.24, 2.45) is 0 Å². The molecule has 0 saturated carbocycles. The fourth-order valence-corrected chi connectivity index (χ4v) is 1.73. The lowest BCUT2D eigenvalue weighted by Crippen LogP contribution is -2.16. The predicted octanol–water partition coefficient (Wildman–Crippen LogP) is 3.15. The number of fused-ring (bicyclic) bond motifs is 1. The van der Waals surface area contributed by atoms with Gasteiger partial charge in [-0.25, -0.2) is 0 Å². The molecule has 0 aromatic heterocycles. The highest BCUT2D eigenvalue weighted by Crippen LogP contribution is 2.39. The SMILES string of the molecule is CCC(Cl)c1cccc2c1OCCO2. The van der Waals surface area contributed by atoms with E-state index in [1.807, 2.05) is 18.2 Å². The molecule has 0 aliphatic carbocycles. The minimum Gasteiger partial charge on any atom is -0.486 e. The van der Waals surface area contributed by atoms with E-state index in [0.29, 0.717) is 13.2 Å². The van der Waals surface area contributed by atoms with E-state index in [1.54, 1.807) is 0 Å². The predicted molar refractivity (Wildman–Crippen MR) is 56.3 cm³/mol. The molecular weight excluding hydrogens is 200 g/mol. The summed E-state index contributed by atoms with van der Waals surface area (Å²) >= 11 is 6.19. The van der Waals surface area contributed by atoms with E-state index < -0.39 is 0 Å². The zero-order valence-corrected chi connectivity index (χ0v) is 8.88. The summed E-state index contributed by atoms with van der Waals surface area (Å²) in [6.07, 6.45) is 0.890. The van der Waals surface area contributed by atoms with Crippen LogP contribution in [-0.4, -0.2) is 13.2 Å². The van der Waals surface area contributed by atoms with Crippen molar-refractivity contribution in [2.75, 3.05) is 13.2 Å². The molecule has 0 N–H and O–H groups in total. The summed E-state index contributed by atoms with van der Waals surface area (Å²) in [5.41, 5.74) is 1.03. The van der Waals surface area contributed by atoms with Gasteiger partial charge >= 0.3 is 0 Å². The molecule has 2 nitrogen and oxygen atoms in total. The van der Waals surface area contributed by atoms with Crippen LogP contribution in [0.1, 0.15) is 24.3 Å². The smallest absolute Gasteiger partial charge is 0.166 e. The van der Waals surface area contributed by atoms with Gasteiger partial charge in [-0.15, -0.1) is 11.6 Å². The standard InChI is InChI=1S/C11H13ClO2/c1-2-9(12)8-4-3-5-10-11(8)14-7-6-13-10/h3-5,9H,2,6-7H2,1H3. The van der Waals surface area contributed by atoms with Crippen molar-refractivity contribution in [1.29, 1.82) is 0 Å². The molecule has 76 valence electrons. The molecule has 0 saturated heterocycles. The summed E-state index contributed by atoms with van der Waals surface area (Å²) in [6.45, 7) is 3.29. The Morgan fingerprint density at radius 2 is 2.14 bits per heavy atom. The van der Waals surface area contributed by atoms with Crippen LogP contribution in [0.25, 0.3) is 0 Å². The molecule has 3 heteroatoms. The fourth-order valence-electron chi connectivity index (χ4n) is 1.56. The molecule has 1 heterocycles. The Morgan fingerprint density at radius 3 is 2.93 bits per heavy atom. The van der Waals surface area contributed by atoms with E-state index in [4.69, 9.17) is 21.1 Å². The van der Waals surface area contributed by atoms with Crippen LogP contribution in [0.15, 0.2) is 18.2 Å². The Hall–Kier alpha value is -0.890. The Bertz CT molecular complexity index is 325. The van der Waals surface area contributed by atoms with E-state index in [0.717, 1.165) is 23.5 Å². The van der Waals surface area contributed by atoms with E-state index in [-0.39, 0.29) is 5.38 Å². The Morgan fingerprint density at radius 1 is 1.36 bits per heavy atom. The average Bonchev–Trinajstić information content (AvgIpc) is 2.27. The molecule has 1 aromatic carbocycles. The second kappa shape index (κ2) is 4.09. The van der Waals surface area contributed by atoms with Crippen LogP contribution in [0.2, 0.25) is 0 Å². The van der Waals surface area contributed by atoms with Crippen LogP contribution in [-0.2, 0) is 0 Å². The van der Waals surface area contributed by atoms with Gasteiger partial charge in [0.2, 0.25) is 0 Å². The molecule has 1 unspecified atom stereocenters. The summed E-state index contributed by atoms with van der Waals surface area (Å²) in [5.74, 6) is 1.63. The molecule has 0 fully saturated rings. The first kappa shape index (κ1) is 9.66. The zero-order chi connectivity index (χ0) is 9.97. The van der Waals surface area contributed by atoms with Crippen LogP contribution in [0, 0.1) is 0 Å².